The zero-order valence-corrected chi connectivity index (χ0v) is 21.0. The highest BCUT2D eigenvalue weighted by Gasteiger charge is 2.18. The molecule has 0 radical (unpaired) electrons. The van der Waals surface area contributed by atoms with Crippen LogP contribution < -0.4 is 10.0 Å². The maximum absolute atomic E-state index is 13.5. The summed E-state index contributed by atoms with van der Waals surface area (Å²) in [6.07, 6.45) is 4.12. The van der Waals surface area contributed by atoms with E-state index in [1.807, 2.05) is 22.9 Å². The molecule has 5 rings (SSSR count). The van der Waals surface area contributed by atoms with E-state index >= 15 is 0 Å². The first-order valence-electron chi connectivity index (χ1n) is 11.3. The number of anilines is 1. The maximum atomic E-state index is 13.5. The Labute approximate surface area is 212 Å². The molecule has 8 nitrogen and oxygen atoms in total. The molecule has 0 aliphatic carbocycles. The fraction of sp³-hybridized carbons (Fsp3) is 0.160. The van der Waals surface area contributed by atoms with Gasteiger partial charge in [0.2, 0.25) is 16.0 Å². The number of nitrogens with one attached hydrogen (secondary N) is 2. The second-order valence-corrected chi connectivity index (χ2v) is 10.8. The first-order valence-corrected chi connectivity index (χ1v) is 13.6. The first-order chi connectivity index (χ1) is 17.4. The second kappa shape index (κ2) is 10.1. The largest absolute Gasteiger partial charge is 0.354 e. The SMILES string of the molecule is Cc1ccc(S(=O)(=O)NCCCNc2nccc(-c3c(-c4ccc(F)cc4)nc4sccn34)n2)cc1. The van der Waals surface area contributed by atoms with Gasteiger partial charge in [0, 0.05) is 36.4 Å². The molecular formula is C25H23FN6O2S2. The summed E-state index contributed by atoms with van der Waals surface area (Å²) in [5, 5.41) is 5.10. The predicted octanol–water partition coefficient (Wildman–Crippen LogP) is 4.75. The van der Waals surface area contributed by atoms with Crippen LogP contribution in [-0.2, 0) is 10.0 Å². The maximum Gasteiger partial charge on any atom is 0.240 e. The molecule has 3 heterocycles. The van der Waals surface area contributed by atoms with Gasteiger partial charge in [0.05, 0.1) is 16.3 Å². The Morgan fingerprint density at radius 1 is 1.00 bits per heavy atom. The number of fused-ring (bicyclic) bond motifs is 1. The minimum atomic E-state index is -3.55. The van der Waals surface area contributed by atoms with Crippen molar-refractivity contribution in [1.82, 2.24) is 24.1 Å². The van der Waals surface area contributed by atoms with E-state index < -0.39 is 10.0 Å². The van der Waals surface area contributed by atoms with Crippen LogP contribution in [0, 0.1) is 12.7 Å². The molecular weight excluding hydrogens is 499 g/mol. The van der Waals surface area contributed by atoms with E-state index in [-0.39, 0.29) is 17.3 Å². The molecule has 184 valence electrons. The van der Waals surface area contributed by atoms with Gasteiger partial charge in [0.25, 0.3) is 0 Å². The van der Waals surface area contributed by atoms with Crippen molar-refractivity contribution in [2.75, 3.05) is 18.4 Å². The molecule has 0 bridgehead atoms. The molecule has 0 saturated heterocycles. The quantitative estimate of drug-likeness (QED) is 0.271. The summed E-state index contributed by atoms with van der Waals surface area (Å²) in [6.45, 7) is 2.66. The Morgan fingerprint density at radius 2 is 1.78 bits per heavy atom. The van der Waals surface area contributed by atoms with Gasteiger partial charge < -0.3 is 5.32 Å². The van der Waals surface area contributed by atoms with E-state index in [1.165, 1.54) is 23.5 Å². The van der Waals surface area contributed by atoms with Gasteiger partial charge in [-0.05, 0) is 55.8 Å². The number of nitrogens with zero attached hydrogens (tertiary/aromatic N) is 4. The summed E-state index contributed by atoms with van der Waals surface area (Å²) >= 11 is 1.50. The van der Waals surface area contributed by atoms with Gasteiger partial charge in [-0.25, -0.2) is 32.5 Å². The summed E-state index contributed by atoms with van der Waals surface area (Å²) in [5.41, 5.74) is 3.95. The molecule has 0 spiro atoms. The lowest BCUT2D eigenvalue weighted by Gasteiger charge is -2.09. The lowest BCUT2D eigenvalue weighted by Crippen LogP contribution is -2.26. The fourth-order valence-corrected chi connectivity index (χ4v) is 5.50. The third kappa shape index (κ3) is 5.13. The molecule has 5 aromatic rings. The van der Waals surface area contributed by atoms with E-state index in [2.05, 4.69) is 20.0 Å². The van der Waals surface area contributed by atoms with Crippen molar-refractivity contribution in [2.24, 2.45) is 0 Å². The number of benzene rings is 2. The van der Waals surface area contributed by atoms with E-state index in [0.717, 1.165) is 21.8 Å². The number of sulfonamides is 1. The van der Waals surface area contributed by atoms with Crippen molar-refractivity contribution in [3.8, 4) is 22.6 Å². The molecule has 0 aliphatic heterocycles. The zero-order valence-electron chi connectivity index (χ0n) is 19.3. The topological polar surface area (TPSA) is 101 Å². The lowest BCUT2D eigenvalue weighted by atomic mass is 10.1. The normalized spacial score (nSPS) is 11.7. The Bertz CT molecular complexity index is 1600. The van der Waals surface area contributed by atoms with Crippen LogP contribution in [0.3, 0.4) is 0 Å². The number of aryl methyl sites for hydroxylation is 1. The predicted molar refractivity (Wildman–Crippen MR) is 139 cm³/mol. The summed E-state index contributed by atoms with van der Waals surface area (Å²) in [7, 11) is -3.55. The third-order valence-electron chi connectivity index (χ3n) is 5.54. The number of rotatable bonds is 9. The van der Waals surface area contributed by atoms with Crippen LogP contribution >= 0.6 is 11.3 Å². The molecule has 0 unspecified atom stereocenters. The number of imidazole rings is 1. The summed E-state index contributed by atoms with van der Waals surface area (Å²) in [6, 6.07) is 14.7. The Morgan fingerprint density at radius 3 is 2.56 bits per heavy atom. The first kappa shape index (κ1) is 24.0. The van der Waals surface area contributed by atoms with Crippen LogP contribution in [0.25, 0.3) is 27.6 Å². The van der Waals surface area contributed by atoms with Gasteiger partial charge in [-0.1, -0.05) is 17.7 Å². The molecule has 36 heavy (non-hydrogen) atoms. The molecule has 0 fully saturated rings. The molecule has 2 aromatic carbocycles. The monoisotopic (exact) mass is 522 g/mol. The van der Waals surface area contributed by atoms with Crippen molar-refractivity contribution in [3.63, 3.8) is 0 Å². The second-order valence-electron chi connectivity index (χ2n) is 8.13. The van der Waals surface area contributed by atoms with E-state index in [0.29, 0.717) is 30.3 Å². The van der Waals surface area contributed by atoms with Crippen molar-refractivity contribution in [1.29, 1.82) is 0 Å². The van der Waals surface area contributed by atoms with Crippen LogP contribution in [0.15, 0.2) is 77.3 Å². The highest BCUT2D eigenvalue weighted by Crippen LogP contribution is 2.33. The molecule has 0 atom stereocenters. The summed E-state index contributed by atoms with van der Waals surface area (Å²) in [5.74, 6) is 0.111. The Hall–Kier alpha value is -3.67. The van der Waals surface area contributed by atoms with Gasteiger partial charge >= 0.3 is 0 Å². The van der Waals surface area contributed by atoms with Gasteiger partial charge in [0.1, 0.15) is 11.5 Å². The summed E-state index contributed by atoms with van der Waals surface area (Å²) < 4.78 is 42.9. The molecule has 0 saturated carbocycles. The average molecular weight is 523 g/mol. The molecule has 2 N–H and O–H groups in total. The Kier molecular flexibility index (Phi) is 6.77. The minimum Gasteiger partial charge on any atom is -0.354 e. The highest BCUT2D eigenvalue weighted by molar-refractivity contribution is 7.89. The van der Waals surface area contributed by atoms with Gasteiger partial charge in [-0.15, -0.1) is 11.3 Å². The van der Waals surface area contributed by atoms with Gasteiger partial charge in [-0.2, -0.15) is 0 Å². The van der Waals surface area contributed by atoms with Crippen molar-refractivity contribution < 1.29 is 12.8 Å². The average Bonchev–Trinajstić information content (AvgIpc) is 3.46. The molecule has 0 amide bonds. The number of hydrogen-bond acceptors (Lipinski definition) is 7. The number of halogens is 1. The van der Waals surface area contributed by atoms with Crippen LogP contribution in [0.4, 0.5) is 10.3 Å². The minimum absolute atomic E-state index is 0.245. The van der Waals surface area contributed by atoms with Crippen LogP contribution in [0.5, 0.6) is 0 Å². The van der Waals surface area contributed by atoms with Crippen LogP contribution in [0.1, 0.15) is 12.0 Å². The molecule has 3 aromatic heterocycles. The fourth-order valence-electron chi connectivity index (χ4n) is 3.71. The van der Waals surface area contributed by atoms with Crippen LogP contribution in [-0.4, -0.2) is 40.9 Å². The smallest absolute Gasteiger partial charge is 0.240 e. The number of hydrogen-bond donors (Lipinski definition) is 2. The Balaban J connectivity index is 1.27. The van der Waals surface area contributed by atoms with Crippen molar-refractivity contribution in [3.05, 3.63) is 83.8 Å². The highest BCUT2D eigenvalue weighted by atomic mass is 32.2. The summed E-state index contributed by atoms with van der Waals surface area (Å²) in [4.78, 5) is 14.7. The number of aromatic nitrogens is 4. The molecule has 0 aliphatic rings. The third-order valence-corrected chi connectivity index (χ3v) is 7.77. The van der Waals surface area contributed by atoms with Crippen LogP contribution in [0.2, 0.25) is 0 Å². The zero-order chi connectivity index (χ0) is 25.1. The standard InChI is InChI=1S/C25H23FN6O2S2/c1-17-3-9-20(10-4-17)36(33,34)29-13-2-12-27-24-28-14-11-21(30-24)23-22(18-5-7-19(26)8-6-18)31-25-32(23)15-16-35-25/h3-11,14-16,29H,2,12-13H2,1H3,(H,27,28,30). The lowest BCUT2D eigenvalue weighted by molar-refractivity contribution is 0.580. The van der Waals surface area contributed by atoms with E-state index in [9.17, 15) is 12.8 Å². The van der Waals surface area contributed by atoms with Crippen molar-refractivity contribution >= 4 is 32.3 Å². The van der Waals surface area contributed by atoms with Crippen molar-refractivity contribution in [2.45, 2.75) is 18.2 Å². The van der Waals surface area contributed by atoms with E-state index in [1.54, 1.807) is 48.7 Å². The van der Waals surface area contributed by atoms with Gasteiger partial charge in [-0.3, -0.25) is 4.40 Å². The van der Waals surface area contributed by atoms with Gasteiger partial charge in [0.15, 0.2) is 4.96 Å². The van der Waals surface area contributed by atoms with E-state index in [4.69, 9.17) is 4.98 Å². The molecule has 11 heteroatoms. The number of thiazole rings is 1.